The third kappa shape index (κ3) is 6.22. The Morgan fingerprint density at radius 3 is 2.17 bits per heavy atom. The molecule has 1 amide bonds. The SMILES string of the molecule is CC(C)C1=C2[C@H]3CC[C@@H]4[C@@]5(C)CC[C@H](OC(=O)CC(C)(C)C(=O)O)C(C)(C)[C@@H]5CC[C@@]4(C)[C@]3(C)CC[C@@]2(C(=O)C(=O)N(C)Cc2ccc(Cl)cc2)CC1. The molecule has 8 heteroatoms. The van der Waals surface area contributed by atoms with Crippen LogP contribution in [0.25, 0.3) is 0 Å². The summed E-state index contributed by atoms with van der Waals surface area (Å²) in [6.45, 7) is 20.2. The second-order valence-corrected chi connectivity index (χ2v) is 20.5. The van der Waals surface area contributed by atoms with Crippen molar-refractivity contribution in [1.82, 2.24) is 4.90 Å². The monoisotopic (exact) mass is 749 g/mol. The van der Waals surface area contributed by atoms with Gasteiger partial charge in [-0.05, 0) is 136 Å². The molecule has 0 unspecified atom stereocenters. The number of aliphatic carboxylic acids is 1. The highest BCUT2D eigenvalue weighted by molar-refractivity contribution is 6.39. The number of carbonyl (C=O) groups is 4. The normalized spacial score (nSPS) is 36.2. The number of allylic oxidation sites excluding steroid dienone is 2. The number of ether oxygens (including phenoxy) is 1. The molecule has 7 nitrogen and oxygen atoms in total. The average Bonchev–Trinajstić information content (AvgIpc) is 3.48. The van der Waals surface area contributed by atoms with Gasteiger partial charge in [-0.2, -0.15) is 0 Å². The van der Waals surface area contributed by atoms with Gasteiger partial charge in [0.05, 0.1) is 17.3 Å². The van der Waals surface area contributed by atoms with E-state index < -0.39 is 22.8 Å². The number of amides is 1. The van der Waals surface area contributed by atoms with Gasteiger partial charge in [-0.15, -0.1) is 0 Å². The van der Waals surface area contributed by atoms with Crippen molar-refractivity contribution >= 4 is 35.2 Å². The number of carboxylic acid groups (broad SMARTS) is 1. The van der Waals surface area contributed by atoms with E-state index in [4.69, 9.17) is 16.3 Å². The van der Waals surface area contributed by atoms with Crippen LogP contribution in [0.1, 0.15) is 139 Å². The van der Waals surface area contributed by atoms with Crippen LogP contribution in [0, 0.1) is 56.2 Å². The van der Waals surface area contributed by atoms with Crippen LogP contribution in [0.3, 0.4) is 0 Å². The molecule has 1 aromatic carbocycles. The van der Waals surface area contributed by atoms with E-state index in [9.17, 15) is 24.3 Å². The van der Waals surface area contributed by atoms with Crippen molar-refractivity contribution in [1.29, 1.82) is 0 Å². The smallest absolute Gasteiger partial charge is 0.309 e. The maximum atomic E-state index is 14.7. The van der Waals surface area contributed by atoms with E-state index in [1.165, 1.54) is 11.1 Å². The highest BCUT2D eigenvalue weighted by atomic mass is 35.5. The molecule has 0 aliphatic heterocycles. The fourth-order valence-corrected chi connectivity index (χ4v) is 13.3. The van der Waals surface area contributed by atoms with Crippen LogP contribution in [0.2, 0.25) is 5.02 Å². The van der Waals surface area contributed by atoms with E-state index in [0.29, 0.717) is 29.3 Å². The van der Waals surface area contributed by atoms with Gasteiger partial charge in [-0.25, -0.2) is 0 Å². The van der Waals surface area contributed by atoms with Crippen LogP contribution in [0.15, 0.2) is 35.4 Å². The van der Waals surface area contributed by atoms with E-state index in [-0.39, 0.29) is 51.8 Å². The number of esters is 1. The summed E-state index contributed by atoms with van der Waals surface area (Å²) in [5.41, 5.74) is 1.65. The molecule has 1 N–H and O–H groups in total. The van der Waals surface area contributed by atoms with Gasteiger partial charge >= 0.3 is 11.9 Å². The molecule has 6 rings (SSSR count). The summed E-state index contributed by atoms with van der Waals surface area (Å²) in [6.07, 6.45) is 8.87. The minimum absolute atomic E-state index is 0.0123. The standard InChI is InChI=1S/C45H64ClNO6/c1-27(2)30-17-22-45(37(49)38(50)47(10)26-28-11-13-29(46)14-12-28)24-23-43(8)31(36(30)45)15-16-33-42(7)20-19-34(53-35(48)25-40(3,4)39(51)52)41(5,6)32(42)18-21-44(33,43)9/h11-14,27,31-34H,15-26H2,1-10H3,(H,51,52)/t31-,32+,33-,34+,42+,43-,44-,45+/m1/s1. The number of hydrogen-bond donors (Lipinski definition) is 1. The Hall–Kier alpha value is -2.67. The van der Waals surface area contributed by atoms with Crippen molar-refractivity contribution < 1.29 is 29.0 Å². The van der Waals surface area contributed by atoms with Crippen LogP contribution in [0.4, 0.5) is 0 Å². The molecule has 0 heterocycles. The van der Waals surface area contributed by atoms with E-state index in [2.05, 4.69) is 48.5 Å². The minimum atomic E-state index is -1.17. The molecule has 292 valence electrons. The highest BCUT2D eigenvalue weighted by Crippen LogP contribution is 2.77. The summed E-state index contributed by atoms with van der Waals surface area (Å²) in [5, 5.41) is 10.3. The molecule has 53 heavy (non-hydrogen) atoms. The molecule has 0 bridgehead atoms. The quantitative estimate of drug-likeness (QED) is 0.153. The topological polar surface area (TPSA) is 101 Å². The molecule has 0 aromatic heterocycles. The van der Waals surface area contributed by atoms with E-state index in [0.717, 1.165) is 69.8 Å². The number of benzene rings is 1. The number of nitrogens with zero attached hydrogens (tertiary/aromatic N) is 1. The summed E-state index contributed by atoms with van der Waals surface area (Å²) in [7, 11) is 1.75. The lowest BCUT2D eigenvalue weighted by atomic mass is 9.33. The third-order valence-corrected chi connectivity index (χ3v) is 16.6. The van der Waals surface area contributed by atoms with Crippen molar-refractivity contribution in [2.45, 2.75) is 146 Å². The zero-order valence-corrected chi connectivity index (χ0v) is 34.8. The Balaban J connectivity index is 1.27. The molecule has 4 saturated carbocycles. The predicted molar refractivity (Wildman–Crippen MR) is 208 cm³/mol. The first-order chi connectivity index (χ1) is 24.5. The molecule has 0 radical (unpaired) electrons. The summed E-state index contributed by atoms with van der Waals surface area (Å²) in [6, 6.07) is 7.47. The lowest BCUT2D eigenvalue weighted by Crippen LogP contribution is -2.66. The van der Waals surface area contributed by atoms with Gasteiger partial charge in [0.25, 0.3) is 5.91 Å². The van der Waals surface area contributed by atoms with Crippen LogP contribution in [0.5, 0.6) is 0 Å². The molecule has 0 spiro atoms. The fourth-order valence-electron chi connectivity index (χ4n) is 13.2. The number of carboxylic acids is 1. The first kappa shape index (κ1) is 40.0. The van der Waals surface area contributed by atoms with Gasteiger partial charge in [0.1, 0.15) is 6.10 Å². The maximum Gasteiger partial charge on any atom is 0.309 e. The van der Waals surface area contributed by atoms with Gasteiger partial charge in [0.15, 0.2) is 0 Å². The number of ketones is 1. The second-order valence-electron chi connectivity index (χ2n) is 20.1. The molecule has 0 saturated heterocycles. The second kappa shape index (κ2) is 13.5. The number of rotatable bonds is 9. The van der Waals surface area contributed by atoms with E-state index in [1.807, 2.05) is 24.3 Å². The maximum absolute atomic E-state index is 14.7. The van der Waals surface area contributed by atoms with E-state index >= 15 is 0 Å². The summed E-state index contributed by atoms with van der Waals surface area (Å²) in [5.74, 6) is -0.586. The first-order valence-corrected chi connectivity index (χ1v) is 20.6. The van der Waals surface area contributed by atoms with Gasteiger partial charge < -0.3 is 14.7 Å². The number of likely N-dealkylation sites (N-methyl/N-ethyl adjacent to an activating group) is 1. The highest BCUT2D eigenvalue weighted by Gasteiger charge is 2.70. The van der Waals surface area contributed by atoms with Crippen molar-refractivity contribution in [2.24, 2.45) is 56.2 Å². The number of carbonyl (C=O) groups excluding carboxylic acids is 3. The zero-order chi connectivity index (χ0) is 39.1. The molecule has 5 aliphatic carbocycles. The Morgan fingerprint density at radius 2 is 1.55 bits per heavy atom. The van der Waals surface area contributed by atoms with Crippen molar-refractivity contribution in [2.75, 3.05) is 7.05 Å². The minimum Gasteiger partial charge on any atom is -0.481 e. The molecular formula is C45H64ClNO6. The Kier molecular flexibility index (Phi) is 10.2. The molecule has 5 aliphatic rings. The summed E-state index contributed by atoms with van der Waals surface area (Å²) in [4.78, 5) is 55.2. The predicted octanol–water partition coefficient (Wildman–Crippen LogP) is 10.1. The van der Waals surface area contributed by atoms with Gasteiger partial charge in [-0.1, -0.05) is 83.3 Å². The number of fused-ring (bicyclic) bond motifs is 7. The number of hydrogen-bond acceptors (Lipinski definition) is 5. The first-order valence-electron chi connectivity index (χ1n) is 20.3. The summed E-state index contributed by atoms with van der Waals surface area (Å²) >= 11 is 6.11. The van der Waals surface area contributed by atoms with Gasteiger partial charge in [0.2, 0.25) is 5.78 Å². The van der Waals surface area contributed by atoms with Crippen LogP contribution < -0.4 is 0 Å². The van der Waals surface area contributed by atoms with Crippen LogP contribution in [-0.4, -0.2) is 46.8 Å². The van der Waals surface area contributed by atoms with Crippen molar-refractivity contribution in [3.05, 3.63) is 46.0 Å². The summed E-state index contributed by atoms with van der Waals surface area (Å²) < 4.78 is 6.17. The van der Waals surface area contributed by atoms with Crippen LogP contribution >= 0.6 is 11.6 Å². The Bertz CT molecular complexity index is 1690. The van der Waals surface area contributed by atoms with E-state index in [1.54, 1.807) is 25.8 Å². The van der Waals surface area contributed by atoms with Gasteiger partial charge in [-0.3, -0.25) is 19.2 Å². The van der Waals surface area contributed by atoms with Crippen molar-refractivity contribution in [3.63, 3.8) is 0 Å². The third-order valence-electron chi connectivity index (χ3n) is 16.4. The molecule has 4 fully saturated rings. The zero-order valence-electron chi connectivity index (χ0n) is 34.0. The number of halogens is 1. The van der Waals surface area contributed by atoms with Gasteiger partial charge in [0, 0.05) is 24.0 Å². The molecular weight excluding hydrogens is 686 g/mol. The average molecular weight is 750 g/mol. The molecule has 1 aromatic rings. The lowest BCUT2D eigenvalue weighted by Gasteiger charge is -2.72. The largest absolute Gasteiger partial charge is 0.481 e. The molecule has 8 atom stereocenters. The fraction of sp³-hybridized carbons (Fsp3) is 0.733. The van der Waals surface area contributed by atoms with Crippen molar-refractivity contribution in [3.8, 4) is 0 Å². The van der Waals surface area contributed by atoms with Crippen LogP contribution in [-0.2, 0) is 30.5 Å². The Labute approximate surface area is 323 Å². The lowest BCUT2D eigenvalue weighted by molar-refractivity contribution is -0.233. The number of Topliss-reactive ketones (excluding diaryl/α,β-unsaturated/α-hetero) is 1. The Morgan fingerprint density at radius 1 is 0.887 bits per heavy atom.